The Balaban J connectivity index is 1.64. The summed E-state index contributed by atoms with van der Waals surface area (Å²) in [5, 5.41) is 11.5. The minimum atomic E-state index is -0.833. The molecule has 0 fully saturated rings. The SMILES string of the molecule is CCOC(=O)C1=C(C)N=c2s/c(=C\c3ccc(-c4cc(C)c(C)c([N+](=O)[O-])c4)o3)c(=O)n2[C@@H]1c1ccc(OC)c(OC)c1. The Kier molecular flexibility index (Phi) is 8.05. The Morgan fingerprint density at radius 3 is 2.53 bits per heavy atom. The summed E-state index contributed by atoms with van der Waals surface area (Å²) in [6.07, 6.45) is 1.60. The van der Waals surface area contributed by atoms with Crippen LogP contribution >= 0.6 is 11.3 Å². The number of thiazole rings is 1. The number of methoxy groups -OCH3 is 2. The van der Waals surface area contributed by atoms with Crippen molar-refractivity contribution >= 4 is 29.1 Å². The van der Waals surface area contributed by atoms with E-state index in [0.29, 0.717) is 54.7 Å². The first-order valence-corrected chi connectivity index (χ1v) is 14.2. The van der Waals surface area contributed by atoms with Gasteiger partial charge in [0.05, 0.1) is 47.6 Å². The van der Waals surface area contributed by atoms with Crippen LogP contribution < -0.4 is 24.4 Å². The van der Waals surface area contributed by atoms with Crippen molar-refractivity contribution in [2.24, 2.45) is 4.99 Å². The van der Waals surface area contributed by atoms with Gasteiger partial charge in [0, 0.05) is 23.3 Å². The fraction of sp³-hybridized carbons (Fsp3) is 0.258. The standard InChI is InChI=1S/C31H29N3O8S/c1-7-41-30(36)27-18(4)32-31-33(28(27)19-8-10-24(39-5)25(14-19)40-6)29(35)26(43-31)15-21-9-11-23(42-21)20-12-16(2)17(3)22(13-20)34(37)38/h8-15,28H,7H2,1-6H3/b26-15-/t28-/m1/s1. The third kappa shape index (κ3) is 5.37. The number of allylic oxidation sites excluding steroid dienone is 1. The maximum absolute atomic E-state index is 13.9. The fourth-order valence-electron chi connectivity index (χ4n) is 5.02. The predicted octanol–water partition coefficient (Wildman–Crippen LogP) is 4.60. The molecule has 4 aromatic rings. The van der Waals surface area contributed by atoms with Crippen LogP contribution in [0.4, 0.5) is 5.69 Å². The van der Waals surface area contributed by atoms with Crippen molar-refractivity contribution in [3.8, 4) is 22.8 Å². The molecule has 0 radical (unpaired) electrons. The Morgan fingerprint density at radius 2 is 1.86 bits per heavy atom. The molecule has 1 atom stereocenters. The molecular formula is C31H29N3O8S. The summed E-state index contributed by atoms with van der Waals surface area (Å²) in [6, 6.07) is 11.1. The molecule has 0 spiro atoms. The highest BCUT2D eigenvalue weighted by atomic mass is 32.1. The van der Waals surface area contributed by atoms with E-state index in [1.54, 1.807) is 64.1 Å². The summed E-state index contributed by atoms with van der Waals surface area (Å²) >= 11 is 1.16. The lowest BCUT2D eigenvalue weighted by molar-refractivity contribution is -0.385. The first kappa shape index (κ1) is 29.5. The Hall–Kier alpha value is -4.97. The average molecular weight is 604 g/mol. The van der Waals surface area contributed by atoms with E-state index in [9.17, 15) is 19.7 Å². The number of carbonyl (C=O) groups excluding carboxylic acids is 1. The maximum Gasteiger partial charge on any atom is 0.338 e. The second-order valence-electron chi connectivity index (χ2n) is 9.81. The molecule has 0 bridgehead atoms. The predicted molar refractivity (Wildman–Crippen MR) is 160 cm³/mol. The van der Waals surface area contributed by atoms with Crippen molar-refractivity contribution < 1.29 is 28.3 Å². The van der Waals surface area contributed by atoms with Crippen LogP contribution in [-0.4, -0.2) is 36.3 Å². The van der Waals surface area contributed by atoms with Crippen LogP contribution in [0.2, 0.25) is 0 Å². The summed E-state index contributed by atoms with van der Waals surface area (Å²) in [7, 11) is 3.03. The first-order chi connectivity index (χ1) is 20.6. The second kappa shape index (κ2) is 11.7. The molecule has 1 aliphatic heterocycles. The zero-order chi connectivity index (χ0) is 31.0. The van der Waals surface area contributed by atoms with Gasteiger partial charge in [0.15, 0.2) is 16.3 Å². The topological polar surface area (TPSA) is 135 Å². The van der Waals surface area contributed by atoms with Crippen molar-refractivity contribution in [2.75, 3.05) is 20.8 Å². The second-order valence-corrected chi connectivity index (χ2v) is 10.8. The normalized spacial score (nSPS) is 14.7. The number of nitro benzene ring substituents is 1. The molecule has 43 heavy (non-hydrogen) atoms. The van der Waals surface area contributed by atoms with Gasteiger partial charge in [-0.2, -0.15) is 0 Å². The van der Waals surface area contributed by atoms with Crippen molar-refractivity contribution in [2.45, 2.75) is 33.7 Å². The number of esters is 1. The van der Waals surface area contributed by atoms with Crippen LogP contribution in [-0.2, 0) is 9.53 Å². The molecule has 0 aliphatic carbocycles. The number of hydrogen-bond donors (Lipinski definition) is 0. The monoisotopic (exact) mass is 603 g/mol. The fourth-order valence-corrected chi connectivity index (χ4v) is 6.04. The van der Waals surface area contributed by atoms with Crippen LogP contribution in [0.5, 0.6) is 11.5 Å². The van der Waals surface area contributed by atoms with Gasteiger partial charge in [-0.1, -0.05) is 17.4 Å². The van der Waals surface area contributed by atoms with Gasteiger partial charge >= 0.3 is 5.97 Å². The molecule has 11 nitrogen and oxygen atoms in total. The molecule has 12 heteroatoms. The quantitative estimate of drug-likeness (QED) is 0.162. The molecule has 0 saturated heterocycles. The number of aryl methyl sites for hydroxylation is 1. The number of furan rings is 1. The van der Waals surface area contributed by atoms with Crippen molar-refractivity contribution in [3.63, 3.8) is 0 Å². The number of nitro groups is 1. The van der Waals surface area contributed by atoms with E-state index in [2.05, 4.69) is 4.99 Å². The molecule has 5 rings (SSSR count). The van der Waals surface area contributed by atoms with Crippen molar-refractivity contribution in [1.82, 2.24) is 4.57 Å². The van der Waals surface area contributed by atoms with E-state index in [1.165, 1.54) is 24.9 Å². The lowest BCUT2D eigenvalue weighted by Gasteiger charge is -2.25. The molecule has 2 aromatic carbocycles. The Bertz CT molecular complexity index is 1980. The highest BCUT2D eigenvalue weighted by Crippen LogP contribution is 2.36. The Labute approximate surface area is 250 Å². The lowest BCUT2D eigenvalue weighted by Crippen LogP contribution is -2.39. The summed E-state index contributed by atoms with van der Waals surface area (Å²) in [6.45, 7) is 7.08. The van der Waals surface area contributed by atoms with E-state index in [-0.39, 0.29) is 23.4 Å². The molecule has 0 N–H and O–H groups in total. The van der Waals surface area contributed by atoms with Gasteiger partial charge in [-0.3, -0.25) is 19.5 Å². The number of rotatable bonds is 8. The minimum absolute atomic E-state index is 0.00388. The van der Waals surface area contributed by atoms with Gasteiger partial charge in [0.25, 0.3) is 11.2 Å². The van der Waals surface area contributed by atoms with E-state index < -0.39 is 16.9 Å². The molecule has 0 unspecified atom stereocenters. The van der Waals surface area contributed by atoms with Gasteiger partial charge in [-0.25, -0.2) is 9.79 Å². The van der Waals surface area contributed by atoms with E-state index in [4.69, 9.17) is 18.6 Å². The van der Waals surface area contributed by atoms with E-state index in [1.807, 2.05) is 6.07 Å². The zero-order valence-corrected chi connectivity index (χ0v) is 25.2. The summed E-state index contributed by atoms with van der Waals surface area (Å²) in [4.78, 5) is 43.2. The van der Waals surface area contributed by atoms with Crippen LogP contribution in [0, 0.1) is 24.0 Å². The molecule has 1 aliphatic rings. The zero-order valence-electron chi connectivity index (χ0n) is 24.4. The van der Waals surface area contributed by atoms with Gasteiger partial charge in [0.1, 0.15) is 11.5 Å². The van der Waals surface area contributed by atoms with Gasteiger partial charge in [0.2, 0.25) is 0 Å². The highest BCUT2D eigenvalue weighted by molar-refractivity contribution is 7.07. The molecule has 2 aromatic heterocycles. The number of carbonyl (C=O) groups is 1. The Morgan fingerprint density at radius 1 is 1.12 bits per heavy atom. The van der Waals surface area contributed by atoms with E-state index in [0.717, 1.165) is 16.9 Å². The van der Waals surface area contributed by atoms with Gasteiger partial charge in [-0.05, 0) is 69.2 Å². The maximum atomic E-state index is 13.9. The van der Waals surface area contributed by atoms with Crippen molar-refractivity contribution in [1.29, 1.82) is 0 Å². The molecular weight excluding hydrogens is 574 g/mol. The minimum Gasteiger partial charge on any atom is -0.493 e. The molecule has 0 saturated carbocycles. The number of ether oxygens (including phenoxy) is 3. The summed E-state index contributed by atoms with van der Waals surface area (Å²) < 4.78 is 24.0. The number of fused-ring (bicyclic) bond motifs is 1. The highest BCUT2D eigenvalue weighted by Gasteiger charge is 2.34. The van der Waals surface area contributed by atoms with Crippen LogP contribution in [0.1, 0.15) is 42.3 Å². The summed E-state index contributed by atoms with van der Waals surface area (Å²) in [5.74, 6) is 1.17. The van der Waals surface area contributed by atoms with Gasteiger partial charge < -0.3 is 18.6 Å². The lowest BCUT2D eigenvalue weighted by atomic mass is 9.95. The van der Waals surface area contributed by atoms with Crippen LogP contribution in [0.3, 0.4) is 0 Å². The summed E-state index contributed by atoms with van der Waals surface area (Å²) in [5.41, 5.74) is 2.81. The number of benzene rings is 2. The molecule has 0 amide bonds. The number of aromatic nitrogens is 1. The van der Waals surface area contributed by atoms with Crippen LogP contribution in [0.25, 0.3) is 17.4 Å². The third-order valence-corrected chi connectivity index (χ3v) is 8.24. The van der Waals surface area contributed by atoms with Crippen molar-refractivity contribution in [3.05, 3.63) is 106 Å². The van der Waals surface area contributed by atoms with E-state index >= 15 is 0 Å². The number of nitrogens with zero attached hydrogens (tertiary/aromatic N) is 3. The molecule has 222 valence electrons. The van der Waals surface area contributed by atoms with Gasteiger partial charge in [-0.15, -0.1) is 0 Å². The largest absolute Gasteiger partial charge is 0.493 e. The first-order valence-electron chi connectivity index (χ1n) is 13.3. The van der Waals surface area contributed by atoms with Crippen LogP contribution in [0.15, 0.2) is 67.9 Å². The smallest absolute Gasteiger partial charge is 0.338 e. The molecule has 3 heterocycles. The average Bonchev–Trinajstić information content (AvgIpc) is 3.57. The number of hydrogen-bond acceptors (Lipinski definition) is 10. The third-order valence-electron chi connectivity index (χ3n) is 7.26.